The van der Waals surface area contributed by atoms with Gasteiger partial charge in [-0.1, -0.05) is 53.5 Å². The van der Waals surface area contributed by atoms with Gasteiger partial charge < -0.3 is 0 Å². The van der Waals surface area contributed by atoms with Crippen molar-refractivity contribution >= 4 is 51.0 Å². The van der Waals surface area contributed by atoms with Crippen LogP contribution in [0, 0.1) is 0 Å². The molecule has 148 valence electrons. The summed E-state index contributed by atoms with van der Waals surface area (Å²) >= 11 is 11.8. The lowest BCUT2D eigenvalue weighted by atomic mass is 10.2. The Hall–Kier alpha value is -2.87. The molecular formula is C20H15Cl2N3O3S. The zero-order valence-electron chi connectivity index (χ0n) is 14.8. The van der Waals surface area contributed by atoms with Crippen LogP contribution in [0.2, 0.25) is 10.0 Å². The van der Waals surface area contributed by atoms with E-state index in [0.717, 1.165) is 5.56 Å². The topological polar surface area (TPSA) is 87.6 Å². The van der Waals surface area contributed by atoms with Crippen LogP contribution < -0.4 is 10.1 Å². The minimum atomic E-state index is -3.92. The minimum Gasteiger partial charge on any atom is -0.278 e. The second-order valence-corrected chi connectivity index (χ2v) is 8.39. The number of carbonyl (C=O) groups is 1. The summed E-state index contributed by atoms with van der Waals surface area (Å²) in [5.74, 6) is -0.551. The first kappa shape index (κ1) is 20.9. The van der Waals surface area contributed by atoms with Crippen LogP contribution in [0.1, 0.15) is 15.9 Å². The predicted octanol–water partition coefficient (Wildman–Crippen LogP) is 4.56. The highest BCUT2D eigenvalue weighted by Crippen LogP contribution is 2.24. The summed E-state index contributed by atoms with van der Waals surface area (Å²) in [4.78, 5) is 12.2. The molecule has 0 heterocycles. The molecule has 6 nitrogen and oxygen atoms in total. The van der Waals surface area contributed by atoms with Crippen LogP contribution in [0.5, 0.6) is 0 Å². The first-order valence-electron chi connectivity index (χ1n) is 8.31. The number of halogens is 2. The van der Waals surface area contributed by atoms with Crippen molar-refractivity contribution < 1.29 is 13.2 Å². The largest absolute Gasteiger partial charge is 0.278 e. The third-order valence-corrected chi connectivity index (χ3v) is 5.72. The van der Waals surface area contributed by atoms with E-state index in [-0.39, 0.29) is 21.2 Å². The van der Waals surface area contributed by atoms with Gasteiger partial charge in [0.2, 0.25) is 0 Å². The number of amides is 1. The van der Waals surface area contributed by atoms with Crippen molar-refractivity contribution in [3.8, 4) is 0 Å². The zero-order valence-corrected chi connectivity index (χ0v) is 17.2. The maximum Gasteiger partial charge on any atom is 0.271 e. The maximum atomic E-state index is 12.6. The molecule has 0 aliphatic carbocycles. The van der Waals surface area contributed by atoms with Crippen molar-refractivity contribution in [2.45, 2.75) is 4.90 Å². The number of para-hydroxylation sites is 1. The number of sulfonamides is 1. The fourth-order valence-corrected chi connectivity index (χ4v) is 3.82. The van der Waals surface area contributed by atoms with Gasteiger partial charge in [0.1, 0.15) is 0 Å². The maximum absolute atomic E-state index is 12.6. The Morgan fingerprint density at radius 3 is 2.38 bits per heavy atom. The molecule has 0 spiro atoms. The molecule has 0 aliphatic heterocycles. The van der Waals surface area contributed by atoms with E-state index >= 15 is 0 Å². The molecule has 3 aromatic carbocycles. The average Bonchev–Trinajstić information content (AvgIpc) is 2.71. The lowest BCUT2D eigenvalue weighted by molar-refractivity contribution is 0.0955. The SMILES string of the molecule is O=C(N/N=C/c1ccc(Cl)cc1)c1cccc(S(=O)(=O)Nc2ccccc2Cl)c1. The van der Waals surface area contributed by atoms with Gasteiger partial charge >= 0.3 is 0 Å². The number of nitrogens with zero attached hydrogens (tertiary/aromatic N) is 1. The Balaban J connectivity index is 1.73. The lowest BCUT2D eigenvalue weighted by Gasteiger charge is -2.10. The van der Waals surface area contributed by atoms with E-state index in [1.54, 1.807) is 48.5 Å². The monoisotopic (exact) mass is 447 g/mol. The van der Waals surface area contributed by atoms with E-state index in [0.29, 0.717) is 5.02 Å². The highest BCUT2D eigenvalue weighted by molar-refractivity contribution is 7.92. The Morgan fingerprint density at radius 2 is 1.66 bits per heavy atom. The van der Waals surface area contributed by atoms with Gasteiger partial charge in [0.25, 0.3) is 15.9 Å². The highest BCUT2D eigenvalue weighted by Gasteiger charge is 2.17. The molecule has 0 atom stereocenters. The molecule has 0 aromatic heterocycles. The predicted molar refractivity (Wildman–Crippen MR) is 115 cm³/mol. The molecule has 0 fully saturated rings. The van der Waals surface area contributed by atoms with Crippen molar-refractivity contribution in [3.63, 3.8) is 0 Å². The highest BCUT2D eigenvalue weighted by atomic mass is 35.5. The van der Waals surface area contributed by atoms with Gasteiger partial charge in [-0.15, -0.1) is 0 Å². The Bertz CT molecular complexity index is 1160. The van der Waals surface area contributed by atoms with Crippen LogP contribution in [0.3, 0.4) is 0 Å². The van der Waals surface area contributed by atoms with Gasteiger partial charge in [-0.3, -0.25) is 9.52 Å². The van der Waals surface area contributed by atoms with Crippen LogP contribution >= 0.6 is 23.2 Å². The number of rotatable bonds is 6. The summed E-state index contributed by atoms with van der Waals surface area (Å²) in [5.41, 5.74) is 3.49. The molecule has 0 bridgehead atoms. The normalized spacial score (nSPS) is 11.4. The molecule has 0 aliphatic rings. The van der Waals surface area contributed by atoms with Crippen molar-refractivity contribution in [2.24, 2.45) is 5.10 Å². The molecule has 0 unspecified atom stereocenters. The second-order valence-electron chi connectivity index (χ2n) is 5.86. The number of hydrazone groups is 1. The van der Waals surface area contributed by atoms with Gasteiger partial charge in [-0.05, 0) is 48.0 Å². The van der Waals surface area contributed by atoms with E-state index in [2.05, 4.69) is 15.2 Å². The van der Waals surface area contributed by atoms with Crippen LogP contribution in [-0.2, 0) is 10.0 Å². The van der Waals surface area contributed by atoms with Crippen molar-refractivity contribution in [3.05, 3.63) is 94.0 Å². The van der Waals surface area contributed by atoms with Gasteiger partial charge in [-0.2, -0.15) is 5.10 Å². The first-order valence-corrected chi connectivity index (χ1v) is 10.6. The second kappa shape index (κ2) is 9.09. The van der Waals surface area contributed by atoms with Crippen LogP contribution in [-0.4, -0.2) is 20.5 Å². The number of carbonyl (C=O) groups excluding carboxylic acids is 1. The van der Waals surface area contributed by atoms with Gasteiger partial charge in [0, 0.05) is 10.6 Å². The number of anilines is 1. The van der Waals surface area contributed by atoms with E-state index < -0.39 is 15.9 Å². The van der Waals surface area contributed by atoms with Crippen molar-refractivity contribution in [1.29, 1.82) is 0 Å². The summed E-state index contributed by atoms with van der Waals surface area (Å²) in [6, 6.07) is 18.9. The fraction of sp³-hybridized carbons (Fsp3) is 0. The molecule has 3 rings (SSSR count). The number of hydrogen-bond acceptors (Lipinski definition) is 4. The molecule has 29 heavy (non-hydrogen) atoms. The summed E-state index contributed by atoms with van der Waals surface area (Å²) < 4.78 is 27.6. The zero-order chi connectivity index (χ0) is 20.9. The van der Waals surface area contributed by atoms with Gasteiger partial charge in [0.05, 0.1) is 21.8 Å². The third kappa shape index (κ3) is 5.57. The Kier molecular flexibility index (Phi) is 6.53. The van der Waals surface area contributed by atoms with Crippen LogP contribution in [0.25, 0.3) is 0 Å². The third-order valence-electron chi connectivity index (χ3n) is 3.77. The summed E-state index contributed by atoms with van der Waals surface area (Å²) in [6.45, 7) is 0. The number of benzene rings is 3. The average molecular weight is 448 g/mol. The van der Waals surface area contributed by atoms with Gasteiger partial charge in [0.15, 0.2) is 0 Å². The molecule has 2 N–H and O–H groups in total. The molecule has 0 radical (unpaired) electrons. The molecular weight excluding hydrogens is 433 g/mol. The summed E-state index contributed by atoms with van der Waals surface area (Å²) in [6.07, 6.45) is 1.45. The van der Waals surface area contributed by atoms with Crippen LogP contribution in [0.15, 0.2) is 82.8 Å². The smallest absolute Gasteiger partial charge is 0.271 e. The fourth-order valence-electron chi connectivity index (χ4n) is 2.33. The van der Waals surface area contributed by atoms with Crippen LogP contribution in [0.4, 0.5) is 5.69 Å². The molecule has 9 heteroatoms. The van der Waals surface area contributed by atoms with E-state index in [4.69, 9.17) is 23.2 Å². The standard InChI is InChI=1S/C20H15Cl2N3O3S/c21-16-10-8-14(9-11-16)13-23-24-20(26)15-4-3-5-17(12-15)29(27,28)25-19-7-2-1-6-18(19)22/h1-13,25H,(H,24,26)/b23-13+. The molecule has 0 saturated carbocycles. The Morgan fingerprint density at radius 1 is 0.931 bits per heavy atom. The number of hydrogen-bond donors (Lipinski definition) is 2. The minimum absolute atomic E-state index is 0.0771. The summed E-state index contributed by atoms with van der Waals surface area (Å²) in [7, 11) is -3.92. The van der Waals surface area contributed by atoms with Gasteiger partial charge in [-0.25, -0.2) is 13.8 Å². The molecule has 3 aromatic rings. The van der Waals surface area contributed by atoms with Crippen molar-refractivity contribution in [2.75, 3.05) is 4.72 Å². The van der Waals surface area contributed by atoms with E-state index in [1.807, 2.05) is 0 Å². The number of nitrogens with one attached hydrogen (secondary N) is 2. The molecule has 1 amide bonds. The van der Waals surface area contributed by atoms with Crippen molar-refractivity contribution in [1.82, 2.24) is 5.43 Å². The first-order chi connectivity index (χ1) is 13.8. The van der Waals surface area contributed by atoms with E-state index in [1.165, 1.54) is 30.5 Å². The molecule has 0 saturated heterocycles. The lowest BCUT2D eigenvalue weighted by Crippen LogP contribution is -2.19. The summed E-state index contributed by atoms with van der Waals surface area (Å²) in [5, 5.41) is 4.73. The Labute approximate surface area is 178 Å². The quantitative estimate of drug-likeness (QED) is 0.428. The van der Waals surface area contributed by atoms with E-state index in [9.17, 15) is 13.2 Å².